The maximum atomic E-state index is 13.2. The highest BCUT2D eigenvalue weighted by Gasteiger charge is 2.28. The van der Waals surface area contributed by atoms with Crippen LogP contribution in [0.15, 0.2) is 66.7 Å². The van der Waals surface area contributed by atoms with E-state index in [0.717, 1.165) is 26.3 Å². The zero-order valence-corrected chi connectivity index (χ0v) is 28.0. The van der Waals surface area contributed by atoms with Crippen molar-refractivity contribution in [2.75, 3.05) is 38.7 Å². The SMILES string of the molecule is CC(C)(C)OC(=O)NC1CCC(C(=O)Nc2cc(Oc3ccc(C#N)cc3)cc(Oc3ccc(C#N)cc3)c2)CC1.CN1CCOCC1. The number of amides is 2. The van der Waals surface area contributed by atoms with Gasteiger partial charge in [0.15, 0.2) is 0 Å². The number of rotatable bonds is 7. The average Bonchev–Trinajstić information content (AvgIpc) is 3.05. The molecule has 0 unspecified atom stereocenters. The lowest BCUT2D eigenvalue weighted by molar-refractivity contribution is -0.120. The minimum Gasteiger partial charge on any atom is -0.457 e. The van der Waals surface area contributed by atoms with Gasteiger partial charge in [0.25, 0.3) is 0 Å². The Balaban J connectivity index is 0.000000659. The van der Waals surface area contributed by atoms with Gasteiger partial charge in [-0.25, -0.2) is 4.79 Å². The second-order valence-corrected chi connectivity index (χ2v) is 12.8. The fourth-order valence-corrected chi connectivity index (χ4v) is 5.10. The number of alkyl carbamates (subject to hydrolysis) is 1. The number of carbonyl (C=O) groups excluding carboxylic acids is 2. The number of likely N-dealkylation sites (N-methyl/N-ethyl adjacent to an activating group) is 1. The van der Waals surface area contributed by atoms with Gasteiger partial charge in [-0.3, -0.25) is 4.79 Å². The highest BCUT2D eigenvalue weighted by molar-refractivity contribution is 5.93. The number of hydrogen-bond acceptors (Lipinski definition) is 9. The second-order valence-electron chi connectivity index (χ2n) is 12.8. The van der Waals surface area contributed by atoms with Crippen LogP contribution >= 0.6 is 0 Å². The summed E-state index contributed by atoms with van der Waals surface area (Å²) in [7, 11) is 2.11. The summed E-state index contributed by atoms with van der Waals surface area (Å²) in [5.74, 6) is 1.57. The lowest BCUT2D eigenvalue weighted by Gasteiger charge is -2.29. The van der Waals surface area contributed by atoms with Gasteiger partial charge in [0.2, 0.25) is 5.91 Å². The quantitative estimate of drug-likeness (QED) is 0.276. The number of ether oxygens (including phenoxy) is 4. The molecule has 0 atom stereocenters. The van der Waals surface area contributed by atoms with Gasteiger partial charge in [0.05, 0.1) is 36.5 Å². The van der Waals surface area contributed by atoms with Gasteiger partial charge >= 0.3 is 6.09 Å². The number of nitrogens with one attached hydrogen (secondary N) is 2. The molecule has 0 radical (unpaired) electrons. The largest absolute Gasteiger partial charge is 0.457 e. The van der Waals surface area contributed by atoms with Crippen LogP contribution in [0.3, 0.4) is 0 Å². The molecule has 2 fully saturated rings. The Labute approximate surface area is 282 Å². The van der Waals surface area contributed by atoms with Gasteiger partial charge in [0.1, 0.15) is 28.6 Å². The van der Waals surface area contributed by atoms with Crippen molar-refractivity contribution < 1.29 is 28.5 Å². The fraction of sp³-hybridized carbons (Fsp3) is 0.405. The Morgan fingerprint density at radius 1 is 0.792 bits per heavy atom. The first-order valence-corrected chi connectivity index (χ1v) is 16.1. The van der Waals surface area contributed by atoms with Crippen LogP contribution in [0.2, 0.25) is 0 Å². The van der Waals surface area contributed by atoms with Gasteiger partial charge in [-0.15, -0.1) is 0 Å². The topological polar surface area (TPSA) is 146 Å². The molecular weight excluding hydrogens is 610 g/mol. The molecule has 0 bridgehead atoms. The molecule has 0 spiro atoms. The molecule has 1 saturated carbocycles. The molecule has 3 aromatic rings. The standard InChI is InChI=1S/C32H32N4O5.C5H11NO/c1-32(2,3)41-31(38)36-24-10-8-23(9-11-24)30(37)35-25-16-28(39-26-12-4-21(19-33)5-13-26)18-29(17-25)40-27-14-6-22(20-34)7-15-27;1-6-2-4-7-5-3-6/h4-7,12-18,23-24H,8-11H2,1-3H3,(H,35,37)(H,36,38);2-5H2,1H3. The maximum Gasteiger partial charge on any atom is 0.407 e. The minimum atomic E-state index is -0.567. The molecule has 48 heavy (non-hydrogen) atoms. The molecule has 0 aromatic heterocycles. The molecule has 3 aromatic carbocycles. The Morgan fingerprint density at radius 3 is 1.71 bits per heavy atom. The number of anilines is 1. The zero-order valence-electron chi connectivity index (χ0n) is 28.0. The van der Waals surface area contributed by atoms with E-state index in [-0.39, 0.29) is 17.9 Å². The smallest absolute Gasteiger partial charge is 0.407 e. The van der Waals surface area contributed by atoms with E-state index >= 15 is 0 Å². The summed E-state index contributed by atoms with van der Waals surface area (Å²) in [4.78, 5) is 27.6. The molecule has 1 aliphatic carbocycles. The Bertz CT molecular complexity index is 1510. The van der Waals surface area contributed by atoms with Crippen LogP contribution in [0.4, 0.5) is 10.5 Å². The summed E-state index contributed by atoms with van der Waals surface area (Å²) < 4.78 is 22.5. The number of nitrogens with zero attached hydrogens (tertiary/aromatic N) is 3. The predicted molar refractivity (Wildman–Crippen MR) is 181 cm³/mol. The molecule has 1 heterocycles. The van der Waals surface area contributed by atoms with Gasteiger partial charge in [-0.2, -0.15) is 10.5 Å². The molecule has 11 nitrogen and oxygen atoms in total. The molecule has 252 valence electrons. The lowest BCUT2D eigenvalue weighted by atomic mass is 9.85. The maximum absolute atomic E-state index is 13.2. The van der Waals surface area contributed by atoms with E-state index in [1.807, 2.05) is 20.8 Å². The molecule has 1 aliphatic heterocycles. The summed E-state index contributed by atoms with van der Waals surface area (Å²) in [5.41, 5.74) is 0.958. The van der Waals surface area contributed by atoms with E-state index in [0.29, 0.717) is 65.5 Å². The normalized spacial score (nSPS) is 17.7. The van der Waals surface area contributed by atoms with Crippen LogP contribution in [0.25, 0.3) is 0 Å². The van der Waals surface area contributed by atoms with Crippen molar-refractivity contribution in [3.05, 3.63) is 77.9 Å². The monoisotopic (exact) mass is 653 g/mol. The van der Waals surface area contributed by atoms with Crippen molar-refractivity contribution in [2.45, 2.75) is 58.1 Å². The molecule has 2 aliphatic rings. The minimum absolute atomic E-state index is 0.0366. The summed E-state index contributed by atoms with van der Waals surface area (Å²) in [6.45, 7) is 9.48. The van der Waals surface area contributed by atoms with E-state index in [1.54, 1.807) is 66.7 Å². The number of carbonyl (C=O) groups is 2. The van der Waals surface area contributed by atoms with Crippen molar-refractivity contribution >= 4 is 17.7 Å². The first kappa shape index (κ1) is 35.7. The summed E-state index contributed by atoms with van der Waals surface area (Å²) >= 11 is 0. The van der Waals surface area contributed by atoms with Crippen molar-refractivity contribution in [2.24, 2.45) is 5.92 Å². The number of hydrogen-bond donors (Lipinski definition) is 2. The van der Waals surface area contributed by atoms with Gasteiger partial charge in [-0.05, 0) is 102 Å². The second kappa shape index (κ2) is 17.2. The van der Waals surface area contributed by atoms with Crippen molar-refractivity contribution in [1.82, 2.24) is 10.2 Å². The molecule has 11 heteroatoms. The number of morpholine rings is 1. The summed E-state index contributed by atoms with van der Waals surface area (Å²) in [6.07, 6.45) is 2.16. The first-order chi connectivity index (χ1) is 23.0. The zero-order chi connectivity index (χ0) is 34.5. The molecule has 5 rings (SSSR count). The van der Waals surface area contributed by atoms with Crippen LogP contribution in [0, 0.1) is 28.6 Å². The van der Waals surface area contributed by atoms with Gasteiger partial charge in [-0.1, -0.05) is 0 Å². The van der Waals surface area contributed by atoms with Crippen LogP contribution in [-0.2, 0) is 14.3 Å². The Hall–Kier alpha value is -5.10. The van der Waals surface area contributed by atoms with Crippen molar-refractivity contribution in [1.29, 1.82) is 10.5 Å². The number of benzene rings is 3. The van der Waals surface area contributed by atoms with Crippen LogP contribution in [0.5, 0.6) is 23.0 Å². The highest BCUT2D eigenvalue weighted by Crippen LogP contribution is 2.34. The highest BCUT2D eigenvalue weighted by atomic mass is 16.6. The van der Waals surface area contributed by atoms with Crippen molar-refractivity contribution in [3.63, 3.8) is 0 Å². The van der Waals surface area contributed by atoms with Gasteiger partial charge < -0.3 is 34.5 Å². The average molecular weight is 654 g/mol. The fourth-order valence-electron chi connectivity index (χ4n) is 5.10. The van der Waals surface area contributed by atoms with E-state index < -0.39 is 11.7 Å². The van der Waals surface area contributed by atoms with E-state index in [1.165, 1.54) is 0 Å². The van der Waals surface area contributed by atoms with Crippen LogP contribution in [-0.4, -0.2) is 61.9 Å². The Morgan fingerprint density at radius 2 is 1.29 bits per heavy atom. The van der Waals surface area contributed by atoms with Crippen LogP contribution in [0.1, 0.15) is 57.6 Å². The Kier molecular flexibility index (Phi) is 12.8. The third-order valence-electron chi connectivity index (χ3n) is 7.64. The summed E-state index contributed by atoms with van der Waals surface area (Å²) in [5, 5.41) is 24.0. The molecule has 1 saturated heterocycles. The van der Waals surface area contributed by atoms with Crippen molar-refractivity contribution in [3.8, 4) is 35.1 Å². The molecule has 2 amide bonds. The number of nitriles is 2. The summed E-state index contributed by atoms with van der Waals surface area (Å²) in [6, 6.07) is 22.6. The third kappa shape index (κ3) is 11.9. The predicted octanol–water partition coefficient (Wildman–Crippen LogP) is 6.98. The molecule has 2 N–H and O–H groups in total. The van der Waals surface area contributed by atoms with Crippen LogP contribution < -0.4 is 20.1 Å². The first-order valence-electron chi connectivity index (χ1n) is 16.1. The van der Waals surface area contributed by atoms with Gasteiger partial charge in [0, 0.05) is 48.9 Å². The van der Waals surface area contributed by atoms with E-state index in [2.05, 4.69) is 34.7 Å². The third-order valence-corrected chi connectivity index (χ3v) is 7.64. The van der Waals surface area contributed by atoms with E-state index in [9.17, 15) is 9.59 Å². The van der Waals surface area contributed by atoms with E-state index in [4.69, 9.17) is 29.5 Å². The lowest BCUT2D eigenvalue weighted by Crippen LogP contribution is -2.42. The molecular formula is C37H43N5O6.